The molecule has 0 saturated carbocycles. The number of urea groups is 1. The van der Waals surface area contributed by atoms with Gasteiger partial charge in [0.2, 0.25) is 0 Å². The molecule has 2 saturated heterocycles. The Hall–Kier alpha value is -2.54. The maximum atomic E-state index is 13.9. The number of aryl methyl sites for hydroxylation is 1. The van der Waals surface area contributed by atoms with Gasteiger partial charge in [-0.2, -0.15) is 0 Å². The van der Waals surface area contributed by atoms with Gasteiger partial charge in [-0.1, -0.05) is 12.1 Å². The predicted octanol–water partition coefficient (Wildman–Crippen LogP) is 2.71. The summed E-state index contributed by atoms with van der Waals surface area (Å²) in [5, 5.41) is 0. The first-order valence-corrected chi connectivity index (χ1v) is 9.65. The molecule has 0 spiro atoms. The number of carbonyl (C=O) groups is 1. The Bertz CT molecular complexity index is 856. The first-order chi connectivity index (χ1) is 13.4. The summed E-state index contributed by atoms with van der Waals surface area (Å²) in [6.07, 6.45) is 3.75. The fourth-order valence-electron chi connectivity index (χ4n) is 4.60. The van der Waals surface area contributed by atoms with Gasteiger partial charge in [-0.05, 0) is 30.5 Å². The zero-order chi connectivity index (χ0) is 19.8. The number of benzene rings is 1. The van der Waals surface area contributed by atoms with Crippen molar-refractivity contribution in [3.63, 3.8) is 0 Å². The van der Waals surface area contributed by atoms with Gasteiger partial charge in [-0.25, -0.2) is 19.2 Å². The van der Waals surface area contributed by atoms with E-state index in [0.717, 1.165) is 36.6 Å². The molecule has 2 aromatic rings. The number of nitrogens with zero attached hydrogens (tertiary/aromatic N) is 5. The highest BCUT2D eigenvalue weighted by Gasteiger charge is 2.49. The minimum absolute atomic E-state index is 0.0119. The molecule has 148 valence electrons. The number of fused-ring (bicyclic) bond motifs is 1. The van der Waals surface area contributed by atoms with Crippen LogP contribution in [0.3, 0.4) is 0 Å². The second-order valence-electron chi connectivity index (χ2n) is 8.09. The monoisotopic (exact) mass is 383 g/mol. The molecular formula is C21H26FN5O. The number of aromatic nitrogens is 2. The van der Waals surface area contributed by atoms with E-state index in [4.69, 9.17) is 0 Å². The molecule has 1 aromatic heterocycles. The summed E-state index contributed by atoms with van der Waals surface area (Å²) in [7, 11) is 3.53. The fourth-order valence-corrected chi connectivity index (χ4v) is 4.60. The Kier molecular flexibility index (Phi) is 5.02. The number of amides is 2. The summed E-state index contributed by atoms with van der Waals surface area (Å²) in [6, 6.07) is 6.57. The summed E-state index contributed by atoms with van der Waals surface area (Å²) in [4.78, 5) is 27.3. The van der Waals surface area contributed by atoms with Gasteiger partial charge in [-0.15, -0.1) is 0 Å². The molecule has 2 fully saturated rings. The van der Waals surface area contributed by atoms with Crippen LogP contribution < -0.4 is 0 Å². The number of likely N-dealkylation sites (tertiary alicyclic amines) is 2. The van der Waals surface area contributed by atoms with E-state index in [-0.39, 0.29) is 23.8 Å². The number of rotatable bonds is 3. The van der Waals surface area contributed by atoms with Crippen LogP contribution >= 0.6 is 0 Å². The van der Waals surface area contributed by atoms with Gasteiger partial charge >= 0.3 is 6.03 Å². The van der Waals surface area contributed by atoms with E-state index in [2.05, 4.69) is 14.9 Å². The smallest absolute Gasteiger partial charge is 0.320 e. The van der Waals surface area contributed by atoms with Crippen LogP contribution in [0, 0.1) is 24.6 Å². The van der Waals surface area contributed by atoms with Gasteiger partial charge in [0.15, 0.2) is 0 Å². The highest BCUT2D eigenvalue weighted by molar-refractivity contribution is 5.75. The Labute approximate surface area is 165 Å². The fraction of sp³-hybridized carbons (Fsp3) is 0.476. The van der Waals surface area contributed by atoms with Crippen LogP contribution in [0.5, 0.6) is 0 Å². The molecule has 1 aromatic carbocycles. The Morgan fingerprint density at radius 3 is 2.64 bits per heavy atom. The molecule has 6 nitrogen and oxygen atoms in total. The average Bonchev–Trinajstić information content (AvgIpc) is 3.19. The van der Waals surface area contributed by atoms with Crippen molar-refractivity contribution in [3.8, 4) is 0 Å². The minimum Gasteiger partial charge on any atom is -0.331 e. The van der Waals surface area contributed by atoms with Crippen molar-refractivity contribution in [2.75, 3.05) is 33.7 Å². The maximum Gasteiger partial charge on any atom is 0.320 e. The van der Waals surface area contributed by atoms with Crippen LogP contribution in [0.2, 0.25) is 0 Å². The van der Waals surface area contributed by atoms with E-state index in [1.54, 1.807) is 31.1 Å². The zero-order valence-corrected chi connectivity index (χ0v) is 16.5. The Morgan fingerprint density at radius 1 is 1.21 bits per heavy atom. The number of hydrogen-bond acceptors (Lipinski definition) is 4. The Morgan fingerprint density at radius 2 is 1.96 bits per heavy atom. The Balaban J connectivity index is 1.56. The molecule has 28 heavy (non-hydrogen) atoms. The minimum atomic E-state index is -0.259. The van der Waals surface area contributed by atoms with Crippen molar-refractivity contribution in [2.24, 2.45) is 11.8 Å². The van der Waals surface area contributed by atoms with Crippen molar-refractivity contribution in [3.05, 3.63) is 59.4 Å². The normalized spacial score (nSPS) is 24.4. The van der Waals surface area contributed by atoms with Crippen molar-refractivity contribution in [1.82, 2.24) is 24.7 Å². The summed E-state index contributed by atoms with van der Waals surface area (Å²) < 4.78 is 13.9. The van der Waals surface area contributed by atoms with Crippen LogP contribution in [-0.4, -0.2) is 64.4 Å². The van der Waals surface area contributed by atoms with E-state index >= 15 is 0 Å². The van der Waals surface area contributed by atoms with Gasteiger partial charge in [0.05, 0.1) is 6.04 Å². The van der Waals surface area contributed by atoms with Gasteiger partial charge < -0.3 is 9.80 Å². The molecule has 0 radical (unpaired) electrons. The van der Waals surface area contributed by atoms with Gasteiger partial charge in [0.1, 0.15) is 11.6 Å². The second-order valence-corrected chi connectivity index (χ2v) is 8.09. The van der Waals surface area contributed by atoms with Crippen molar-refractivity contribution >= 4 is 6.03 Å². The zero-order valence-electron chi connectivity index (χ0n) is 16.5. The van der Waals surface area contributed by atoms with Crippen LogP contribution in [-0.2, 0) is 6.54 Å². The van der Waals surface area contributed by atoms with E-state index < -0.39 is 0 Å². The first-order valence-electron chi connectivity index (χ1n) is 9.65. The third kappa shape index (κ3) is 3.58. The van der Waals surface area contributed by atoms with Crippen LogP contribution in [0.1, 0.15) is 23.0 Å². The molecule has 0 bridgehead atoms. The van der Waals surface area contributed by atoms with Gasteiger partial charge in [0, 0.05) is 64.1 Å². The summed E-state index contributed by atoms with van der Waals surface area (Å²) in [5.74, 6) is 1.18. The van der Waals surface area contributed by atoms with Crippen LogP contribution in [0.15, 0.2) is 36.7 Å². The molecule has 2 aliphatic heterocycles. The molecule has 2 aliphatic rings. The molecule has 4 rings (SSSR count). The molecule has 3 heterocycles. The lowest BCUT2D eigenvalue weighted by molar-refractivity contribution is 0.151. The van der Waals surface area contributed by atoms with Crippen molar-refractivity contribution < 1.29 is 9.18 Å². The lowest BCUT2D eigenvalue weighted by Gasteiger charge is -2.31. The standard InChI is InChI=1S/C21H26FN5O/c1-14-23-8-15(9-24-14)10-26-11-17-12-27(21(28)25(2)3)20(19(17)13-26)16-5-4-6-18(22)7-16/h4-9,17,19-20H,10-13H2,1-3H3/t17-,19-,20-/m1/s1. The van der Waals surface area contributed by atoms with Gasteiger partial charge in [0.25, 0.3) is 0 Å². The average molecular weight is 383 g/mol. The summed E-state index contributed by atoms with van der Waals surface area (Å²) in [5.41, 5.74) is 1.97. The quantitative estimate of drug-likeness (QED) is 0.818. The molecule has 2 amide bonds. The maximum absolute atomic E-state index is 13.9. The predicted molar refractivity (Wildman–Crippen MR) is 104 cm³/mol. The van der Waals surface area contributed by atoms with E-state index in [9.17, 15) is 9.18 Å². The van der Waals surface area contributed by atoms with Crippen molar-refractivity contribution in [1.29, 1.82) is 0 Å². The van der Waals surface area contributed by atoms with Crippen LogP contribution in [0.25, 0.3) is 0 Å². The van der Waals surface area contributed by atoms with E-state index in [1.807, 2.05) is 30.3 Å². The van der Waals surface area contributed by atoms with E-state index in [1.165, 1.54) is 6.07 Å². The van der Waals surface area contributed by atoms with E-state index in [0.29, 0.717) is 12.5 Å². The second kappa shape index (κ2) is 7.47. The molecule has 0 unspecified atom stereocenters. The third-order valence-corrected chi connectivity index (χ3v) is 5.80. The summed E-state index contributed by atoms with van der Waals surface area (Å²) >= 11 is 0. The topological polar surface area (TPSA) is 52.6 Å². The third-order valence-electron chi connectivity index (χ3n) is 5.80. The van der Waals surface area contributed by atoms with Crippen molar-refractivity contribution in [2.45, 2.75) is 19.5 Å². The highest BCUT2D eigenvalue weighted by Crippen LogP contribution is 2.45. The lowest BCUT2D eigenvalue weighted by Crippen LogP contribution is -2.41. The SMILES string of the molecule is Cc1ncc(CN2C[C@@H]3CN(C(=O)N(C)C)[C@H](c4cccc(F)c4)[C@@H]3C2)cn1. The first kappa shape index (κ1) is 18.8. The molecule has 0 aliphatic carbocycles. The molecule has 3 atom stereocenters. The molecule has 0 N–H and O–H groups in total. The number of hydrogen-bond donors (Lipinski definition) is 0. The largest absolute Gasteiger partial charge is 0.331 e. The molecular weight excluding hydrogens is 357 g/mol. The van der Waals surface area contributed by atoms with Gasteiger partial charge in [-0.3, -0.25) is 4.90 Å². The summed E-state index contributed by atoms with van der Waals surface area (Å²) in [6.45, 7) is 5.16. The number of carbonyl (C=O) groups excluding carboxylic acids is 1. The van der Waals surface area contributed by atoms with Crippen LogP contribution in [0.4, 0.5) is 9.18 Å². The number of halogens is 1. The highest BCUT2D eigenvalue weighted by atomic mass is 19.1. The lowest BCUT2D eigenvalue weighted by atomic mass is 9.89. The molecule has 7 heteroatoms.